The third kappa shape index (κ3) is 20.0. The number of ether oxygens (including phenoxy) is 1. The molecule has 12 nitrogen and oxygen atoms in total. The zero-order chi connectivity index (χ0) is 70.5. The highest BCUT2D eigenvalue weighted by atomic mass is 35.5. The topological polar surface area (TPSA) is 179 Å². The minimum Gasteiger partial charge on any atom is -0.508 e. The highest BCUT2D eigenvalue weighted by Gasteiger charge is 2.22. The van der Waals surface area contributed by atoms with E-state index in [9.17, 15) is 33.5 Å². The number of nitrogens with zero attached hydrogens (tertiary/aromatic N) is 5. The summed E-state index contributed by atoms with van der Waals surface area (Å²) in [4.78, 5) is 81.0. The molecule has 0 saturated heterocycles. The van der Waals surface area contributed by atoms with E-state index in [4.69, 9.17) is 16.3 Å². The van der Waals surface area contributed by atoms with Crippen LogP contribution in [0.15, 0.2) is 182 Å². The number of aromatic nitrogens is 5. The SMILES string of the molecule is COc1cccc(C#Cc2ccc3c(n2)CCCC3=O)c1.Cc1cccc(C#Cc2ccc3c(n2)CCCC3=O)c1.O=C1CCCc2nc(C#Cc3cccc(Cl)c3)ccc21.O=C1CCCc2nc(C#Cc3cccc(F)c3)ccc21.O=C1CCCc2nc(C#Cc3cccc(O)c3)ccc21. The van der Waals surface area contributed by atoms with Gasteiger partial charge >= 0.3 is 0 Å². The van der Waals surface area contributed by atoms with Crippen molar-refractivity contribution in [2.24, 2.45) is 0 Å². The van der Waals surface area contributed by atoms with Crippen LogP contribution in [0, 0.1) is 71.9 Å². The Hall–Kier alpha value is -12.2. The molecule has 0 amide bonds. The van der Waals surface area contributed by atoms with Crippen LogP contribution < -0.4 is 4.74 Å². The van der Waals surface area contributed by atoms with E-state index in [-0.39, 0.29) is 40.5 Å². The third-order valence-electron chi connectivity index (χ3n) is 16.7. The van der Waals surface area contributed by atoms with Gasteiger partial charge in [0.25, 0.3) is 0 Å². The maximum atomic E-state index is 13.0. The number of phenolic OH excluding ortho intramolecular Hbond substituents is 1. The summed E-state index contributed by atoms with van der Waals surface area (Å²) >= 11 is 5.92. The van der Waals surface area contributed by atoms with E-state index in [1.807, 2.05) is 116 Å². The summed E-state index contributed by atoms with van der Waals surface area (Å²) in [6.07, 6.45) is 11.7. The van der Waals surface area contributed by atoms with Crippen LogP contribution in [-0.4, -0.2) is 66.1 Å². The van der Waals surface area contributed by atoms with E-state index in [1.54, 1.807) is 61.7 Å². The largest absolute Gasteiger partial charge is 0.508 e. The maximum Gasteiger partial charge on any atom is 0.164 e. The van der Waals surface area contributed by atoms with Crippen LogP contribution in [0.4, 0.5) is 4.39 Å². The van der Waals surface area contributed by atoms with Gasteiger partial charge < -0.3 is 9.84 Å². The Balaban J connectivity index is 0.000000127. The summed E-state index contributed by atoms with van der Waals surface area (Å²) in [5, 5.41) is 10.0. The molecule has 15 rings (SSSR count). The molecule has 5 aliphatic rings. The van der Waals surface area contributed by atoms with E-state index >= 15 is 0 Å². The predicted molar refractivity (Wildman–Crippen MR) is 388 cm³/mol. The number of benzene rings is 5. The number of methoxy groups -OCH3 is 1. The molecule has 0 atom stereocenters. The average Bonchev–Trinajstić information content (AvgIpc) is 0.859. The Morgan fingerprint density at radius 1 is 0.347 bits per heavy atom. The Labute approximate surface area is 592 Å². The van der Waals surface area contributed by atoms with Gasteiger partial charge in [0.1, 0.15) is 45.8 Å². The number of Topliss-reactive ketones (excluding diaryl/α,β-unsaturated/α-hetero) is 5. The van der Waals surface area contributed by atoms with Crippen molar-refractivity contribution in [3.63, 3.8) is 0 Å². The van der Waals surface area contributed by atoms with E-state index in [2.05, 4.69) is 90.2 Å². The zero-order valence-corrected chi connectivity index (χ0v) is 56.6. The molecule has 0 bridgehead atoms. The molecule has 5 aromatic heterocycles. The number of aromatic hydroxyl groups is 1. The summed E-state index contributed by atoms with van der Waals surface area (Å²) in [5.41, 5.74) is 16.7. The number of hydrogen-bond donors (Lipinski definition) is 1. The third-order valence-corrected chi connectivity index (χ3v) is 17.0. The second-order valence-electron chi connectivity index (χ2n) is 24.3. The first-order chi connectivity index (χ1) is 49.1. The van der Waals surface area contributed by atoms with Crippen molar-refractivity contribution in [2.45, 2.75) is 103 Å². The van der Waals surface area contributed by atoms with Gasteiger partial charge in [-0.1, -0.05) is 77.6 Å². The van der Waals surface area contributed by atoms with Crippen LogP contribution in [0.1, 0.15) is 206 Å². The molecule has 10 aromatic rings. The van der Waals surface area contributed by atoms with Crippen molar-refractivity contribution in [3.8, 4) is 70.7 Å². The van der Waals surface area contributed by atoms with Gasteiger partial charge in [0.05, 0.1) is 35.6 Å². The van der Waals surface area contributed by atoms with Crippen LogP contribution in [-0.2, 0) is 32.1 Å². The van der Waals surface area contributed by atoms with Crippen molar-refractivity contribution in [2.75, 3.05) is 7.11 Å². The lowest BCUT2D eigenvalue weighted by atomic mass is 9.94. The van der Waals surface area contributed by atoms with Crippen LogP contribution >= 0.6 is 11.6 Å². The number of hydrogen-bond acceptors (Lipinski definition) is 12. The second kappa shape index (κ2) is 34.4. The molecule has 5 aromatic carbocycles. The fourth-order valence-electron chi connectivity index (χ4n) is 11.7. The number of halogens is 2. The number of pyridine rings is 5. The number of fused-ring (bicyclic) bond motifs is 5. The van der Waals surface area contributed by atoms with Crippen molar-refractivity contribution >= 4 is 40.5 Å². The van der Waals surface area contributed by atoms with Crippen molar-refractivity contribution in [3.05, 3.63) is 311 Å². The monoisotopic (exact) mass is 1350 g/mol. The van der Waals surface area contributed by atoms with E-state index in [0.717, 1.165) is 149 Å². The van der Waals surface area contributed by atoms with Crippen LogP contribution in [0.5, 0.6) is 11.5 Å². The quantitative estimate of drug-likeness (QED) is 0.154. The number of carbonyl (C=O) groups is 5. The lowest BCUT2D eigenvalue weighted by Gasteiger charge is -2.12. The molecule has 5 aliphatic carbocycles. The number of aryl methyl sites for hydroxylation is 6. The van der Waals surface area contributed by atoms with Gasteiger partial charge in [0.15, 0.2) is 28.9 Å². The van der Waals surface area contributed by atoms with Gasteiger partial charge in [0.2, 0.25) is 0 Å². The molecule has 1 N–H and O–H groups in total. The molecule has 0 fully saturated rings. The molecule has 14 heteroatoms. The normalized spacial score (nSPS) is 13.3. The molecular formula is C87H67ClFN5O7. The average molecular weight is 1350 g/mol. The molecular weight excluding hydrogens is 1280 g/mol. The number of rotatable bonds is 1. The first-order valence-corrected chi connectivity index (χ1v) is 33.8. The molecule has 0 radical (unpaired) electrons. The second-order valence-corrected chi connectivity index (χ2v) is 24.7. The van der Waals surface area contributed by atoms with Gasteiger partial charge in [-0.25, -0.2) is 29.3 Å². The van der Waals surface area contributed by atoms with Crippen molar-refractivity contribution in [1.82, 2.24) is 24.9 Å². The van der Waals surface area contributed by atoms with Gasteiger partial charge in [-0.3, -0.25) is 24.0 Å². The van der Waals surface area contributed by atoms with Crippen molar-refractivity contribution in [1.29, 1.82) is 0 Å². The highest BCUT2D eigenvalue weighted by molar-refractivity contribution is 6.30. The molecule has 0 saturated carbocycles. The Morgan fingerprint density at radius 3 is 0.990 bits per heavy atom. The van der Waals surface area contributed by atoms with Gasteiger partial charge in [-0.2, -0.15) is 0 Å². The van der Waals surface area contributed by atoms with Crippen LogP contribution in [0.25, 0.3) is 0 Å². The van der Waals surface area contributed by atoms with E-state index in [0.29, 0.717) is 71.0 Å². The van der Waals surface area contributed by atoms with E-state index in [1.165, 1.54) is 17.7 Å². The van der Waals surface area contributed by atoms with Crippen LogP contribution in [0.3, 0.4) is 0 Å². The Morgan fingerprint density at radius 2 is 0.653 bits per heavy atom. The summed E-state index contributed by atoms with van der Waals surface area (Å²) in [6, 6.07) is 54.1. The Kier molecular flexibility index (Phi) is 23.9. The zero-order valence-electron chi connectivity index (χ0n) is 55.8. The van der Waals surface area contributed by atoms with Gasteiger partial charge in [0, 0.05) is 92.8 Å². The van der Waals surface area contributed by atoms with Gasteiger partial charge in [-0.05, 0) is 252 Å². The Bertz CT molecular complexity index is 4700. The molecule has 496 valence electrons. The summed E-state index contributed by atoms with van der Waals surface area (Å²) < 4.78 is 18.2. The minimum atomic E-state index is -0.305. The first-order valence-electron chi connectivity index (χ1n) is 33.4. The highest BCUT2D eigenvalue weighted by Crippen LogP contribution is 2.25. The van der Waals surface area contributed by atoms with Crippen LogP contribution in [0.2, 0.25) is 5.02 Å². The molecule has 0 aliphatic heterocycles. The maximum absolute atomic E-state index is 13.0. The number of phenols is 1. The summed E-state index contributed by atoms with van der Waals surface area (Å²) in [7, 11) is 1.63. The van der Waals surface area contributed by atoms with Gasteiger partial charge in [-0.15, -0.1) is 0 Å². The fraction of sp³-hybridized carbons (Fsp3) is 0.195. The first kappa shape index (κ1) is 70.1. The van der Waals surface area contributed by atoms with Crippen molar-refractivity contribution < 1.29 is 38.2 Å². The fourth-order valence-corrected chi connectivity index (χ4v) is 11.8. The molecule has 101 heavy (non-hydrogen) atoms. The summed E-state index contributed by atoms with van der Waals surface area (Å²) in [5.74, 6) is 31.7. The lowest BCUT2D eigenvalue weighted by Crippen LogP contribution is -2.12. The predicted octanol–water partition coefficient (Wildman–Crippen LogP) is 15.8. The molecule has 0 unspecified atom stereocenters. The smallest absolute Gasteiger partial charge is 0.164 e. The number of ketones is 5. The van der Waals surface area contributed by atoms with E-state index < -0.39 is 0 Å². The standard InChI is InChI=1S/C18H15NO2.C18H15NO.C17H12ClNO.C17H12FNO.C17H13NO2/c1-21-15-5-2-4-13(12-15)8-9-14-10-11-16-17(19-14)6-3-7-18(16)20;1-13-4-2-5-14(12-13)8-9-15-10-11-16-17(19-15)6-3-7-18(16)20;2*18-13-4-1-3-12(11-13)7-8-14-9-10-15-16(19-14)5-2-6-17(15)20;19-14-4-1-3-12(11-14)7-8-13-9-10-15-16(18-13)5-2-6-17(15)20/h2,4-5,10-12H,3,6-7H2,1H3;2,4-5,10-12H,3,6-7H2,1H3;2*1,3-4,9-11H,2,5-6H2;1,3-4,9-11,19H,2,5-6H2. The molecule has 5 heterocycles. The molecule has 0 spiro atoms. The number of carbonyl (C=O) groups excluding carboxylic acids is 5. The summed E-state index contributed by atoms with van der Waals surface area (Å²) in [6.45, 7) is 2.05. The lowest BCUT2D eigenvalue weighted by molar-refractivity contribution is 0.0963. The minimum absolute atomic E-state index is 0.156.